The molecule has 0 aliphatic rings. The van der Waals surface area contributed by atoms with Crippen molar-refractivity contribution in [3.63, 3.8) is 0 Å². The van der Waals surface area contributed by atoms with Crippen molar-refractivity contribution >= 4 is 11.6 Å². The van der Waals surface area contributed by atoms with E-state index in [0.29, 0.717) is 24.7 Å². The van der Waals surface area contributed by atoms with Crippen LogP contribution in [0.2, 0.25) is 5.02 Å². The van der Waals surface area contributed by atoms with Crippen LogP contribution in [0.15, 0.2) is 18.2 Å². The molecule has 0 saturated heterocycles. The first-order chi connectivity index (χ1) is 7.94. The molecule has 0 spiro atoms. The van der Waals surface area contributed by atoms with Crippen LogP contribution in [-0.4, -0.2) is 18.8 Å². The number of benzene rings is 1. The Kier molecular flexibility index (Phi) is 5.37. The fourth-order valence-corrected chi connectivity index (χ4v) is 1.80. The summed E-state index contributed by atoms with van der Waals surface area (Å²) in [6, 6.07) is 4.38. The van der Waals surface area contributed by atoms with Crippen molar-refractivity contribution < 1.29 is 9.13 Å². The molecule has 96 valence electrons. The monoisotopic (exact) mass is 259 g/mol. The number of rotatable bonds is 6. The van der Waals surface area contributed by atoms with Crippen LogP contribution in [0.1, 0.15) is 26.3 Å². The summed E-state index contributed by atoms with van der Waals surface area (Å²) in [5.74, 6) is -0.268. The van der Waals surface area contributed by atoms with Gasteiger partial charge in [0, 0.05) is 24.7 Å². The van der Waals surface area contributed by atoms with Crippen molar-refractivity contribution in [3.05, 3.63) is 34.6 Å². The predicted molar refractivity (Wildman–Crippen MR) is 68.8 cm³/mol. The normalized spacial score (nSPS) is 11.8. The molecule has 0 aliphatic heterocycles. The van der Waals surface area contributed by atoms with Crippen molar-refractivity contribution in [1.29, 1.82) is 0 Å². The molecule has 0 fully saturated rings. The van der Waals surface area contributed by atoms with Gasteiger partial charge < -0.3 is 10.1 Å². The van der Waals surface area contributed by atoms with Crippen molar-refractivity contribution in [3.8, 4) is 0 Å². The second-order valence-corrected chi connectivity index (χ2v) is 4.94. The highest BCUT2D eigenvalue weighted by molar-refractivity contribution is 6.31. The van der Waals surface area contributed by atoms with Gasteiger partial charge in [-0.05, 0) is 44.5 Å². The second kappa shape index (κ2) is 6.34. The summed E-state index contributed by atoms with van der Waals surface area (Å²) in [6.45, 7) is 7.88. The van der Waals surface area contributed by atoms with Crippen LogP contribution < -0.4 is 5.32 Å². The number of ether oxygens (including phenoxy) is 1. The molecule has 0 radical (unpaired) electrons. The van der Waals surface area contributed by atoms with E-state index in [-0.39, 0.29) is 11.4 Å². The van der Waals surface area contributed by atoms with E-state index < -0.39 is 0 Å². The van der Waals surface area contributed by atoms with Gasteiger partial charge in [0.15, 0.2) is 0 Å². The van der Waals surface area contributed by atoms with Crippen LogP contribution in [0.4, 0.5) is 4.39 Å². The third-order valence-electron chi connectivity index (χ3n) is 2.41. The molecule has 2 nitrogen and oxygen atoms in total. The van der Waals surface area contributed by atoms with Gasteiger partial charge in [0.25, 0.3) is 0 Å². The van der Waals surface area contributed by atoms with E-state index in [4.69, 9.17) is 16.3 Å². The van der Waals surface area contributed by atoms with Crippen LogP contribution in [0, 0.1) is 5.82 Å². The maximum atomic E-state index is 13.0. The minimum atomic E-state index is -0.268. The van der Waals surface area contributed by atoms with Crippen molar-refractivity contribution in [2.24, 2.45) is 0 Å². The fourth-order valence-electron chi connectivity index (χ4n) is 1.62. The zero-order valence-corrected chi connectivity index (χ0v) is 11.3. The van der Waals surface area contributed by atoms with E-state index in [1.54, 1.807) is 6.07 Å². The average molecular weight is 260 g/mol. The smallest absolute Gasteiger partial charge is 0.123 e. The molecule has 17 heavy (non-hydrogen) atoms. The van der Waals surface area contributed by atoms with Crippen LogP contribution in [0.3, 0.4) is 0 Å². The summed E-state index contributed by atoms with van der Waals surface area (Å²) in [5.41, 5.74) is 0.535. The van der Waals surface area contributed by atoms with Gasteiger partial charge in [0.2, 0.25) is 0 Å². The molecule has 4 heteroatoms. The van der Waals surface area contributed by atoms with Crippen molar-refractivity contribution in [2.45, 2.75) is 32.9 Å². The molecule has 0 aromatic heterocycles. The van der Waals surface area contributed by atoms with Crippen LogP contribution in [0.5, 0.6) is 0 Å². The van der Waals surface area contributed by atoms with Gasteiger partial charge in [0.1, 0.15) is 5.82 Å². The topological polar surface area (TPSA) is 21.3 Å². The molecule has 0 bridgehead atoms. The molecule has 0 aliphatic carbocycles. The van der Waals surface area contributed by atoms with E-state index in [2.05, 4.69) is 5.32 Å². The Morgan fingerprint density at radius 2 is 2.12 bits per heavy atom. The summed E-state index contributed by atoms with van der Waals surface area (Å²) in [4.78, 5) is 0. The van der Waals surface area contributed by atoms with E-state index in [1.807, 2.05) is 20.8 Å². The van der Waals surface area contributed by atoms with E-state index in [9.17, 15) is 4.39 Å². The fraction of sp³-hybridized carbons (Fsp3) is 0.538. The average Bonchev–Trinajstić information content (AvgIpc) is 2.23. The maximum absolute atomic E-state index is 13.0. The molecule has 0 atom stereocenters. The van der Waals surface area contributed by atoms with Crippen molar-refractivity contribution in [1.82, 2.24) is 5.32 Å². The molecular formula is C13H19ClFNO. The third kappa shape index (κ3) is 5.02. The number of halogens is 2. The summed E-state index contributed by atoms with van der Waals surface area (Å²) < 4.78 is 18.6. The Bertz CT molecular complexity index is 368. The quantitative estimate of drug-likeness (QED) is 0.846. The highest BCUT2D eigenvalue weighted by Gasteiger charge is 2.16. The Morgan fingerprint density at radius 3 is 2.76 bits per heavy atom. The zero-order valence-electron chi connectivity index (χ0n) is 10.5. The molecular weight excluding hydrogens is 241 g/mol. The molecule has 1 rings (SSSR count). The minimum Gasteiger partial charge on any atom is -0.375 e. The largest absolute Gasteiger partial charge is 0.375 e. The lowest BCUT2D eigenvalue weighted by Gasteiger charge is -2.25. The predicted octanol–water partition coefficient (Wildman–Crippen LogP) is 3.38. The molecule has 0 unspecified atom stereocenters. The number of hydrogen-bond donors (Lipinski definition) is 1. The molecule has 0 heterocycles. The van der Waals surface area contributed by atoms with Crippen LogP contribution in [-0.2, 0) is 11.3 Å². The lowest BCUT2D eigenvalue weighted by Crippen LogP contribution is -2.37. The Labute approximate surface area is 107 Å². The molecule has 0 saturated carbocycles. The van der Waals surface area contributed by atoms with E-state index >= 15 is 0 Å². The zero-order chi connectivity index (χ0) is 12.9. The van der Waals surface area contributed by atoms with Gasteiger partial charge >= 0.3 is 0 Å². The number of nitrogens with one attached hydrogen (secondary N) is 1. The first-order valence-corrected chi connectivity index (χ1v) is 6.11. The van der Waals surface area contributed by atoms with E-state index in [0.717, 1.165) is 5.56 Å². The van der Waals surface area contributed by atoms with Gasteiger partial charge in [0.05, 0.1) is 5.60 Å². The van der Waals surface area contributed by atoms with E-state index in [1.165, 1.54) is 12.1 Å². The van der Waals surface area contributed by atoms with Crippen LogP contribution >= 0.6 is 11.6 Å². The van der Waals surface area contributed by atoms with Gasteiger partial charge in [-0.1, -0.05) is 11.6 Å². The van der Waals surface area contributed by atoms with Gasteiger partial charge in [-0.25, -0.2) is 4.39 Å². The summed E-state index contributed by atoms with van der Waals surface area (Å²) in [5, 5.41) is 3.80. The summed E-state index contributed by atoms with van der Waals surface area (Å²) in [6.07, 6.45) is 0. The first-order valence-electron chi connectivity index (χ1n) is 5.73. The molecule has 1 aromatic carbocycles. The van der Waals surface area contributed by atoms with Crippen molar-refractivity contribution in [2.75, 3.05) is 13.2 Å². The third-order valence-corrected chi connectivity index (χ3v) is 2.78. The highest BCUT2D eigenvalue weighted by atomic mass is 35.5. The van der Waals surface area contributed by atoms with Gasteiger partial charge in [-0.3, -0.25) is 0 Å². The SMILES string of the molecule is CCOC(C)(C)CNCc1cc(F)ccc1Cl. The maximum Gasteiger partial charge on any atom is 0.123 e. The molecule has 0 amide bonds. The van der Waals surface area contributed by atoms with Crippen LogP contribution in [0.25, 0.3) is 0 Å². The standard InChI is InChI=1S/C13H19ClFNO/c1-4-17-13(2,3)9-16-8-10-7-11(15)5-6-12(10)14/h5-7,16H,4,8-9H2,1-3H3. The lowest BCUT2D eigenvalue weighted by atomic mass is 10.1. The minimum absolute atomic E-state index is 0.228. The summed E-state index contributed by atoms with van der Waals surface area (Å²) in [7, 11) is 0. The molecule has 1 N–H and O–H groups in total. The molecule has 1 aromatic rings. The van der Waals surface area contributed by atoms with Gasteiger partial charge in [-0.2, -0.15) is 0 Å². The Balaban J connectivity index is 2.48. The van der Waals surface area contributed by atoms with Gasteiger partial charge in [-0.15, -0.1) is 0 Å². The summed E-state index contributed by atoms with van der Waals surface area (Å²) >= 11 is 5.97. The lowest BCUT2D eigenvalue weighted by molar-refractivity contribution is -0.00897. The number of hydrogen-bond acceptors (Lipinski definition) is 2. The highest BCUT2D eigenvalue weighted by Crippen LogP contribution is 2.17. The Morgan fingerprint density at radius 1 is 1.41 bits per heavy atom. The second-order valence-electron chi connectivity index (χ2n) is 4.53. The Hall–Kier alpha value is -0.640. The first kappa shape index (κ1) is 14.4.